The van der Waals surface area contributed by atoms with Crippen LogP contribution in [0.15, 0.2) is 58.1 Å². The number of anilines is 1. The number of likely N-dealkylation sites (tertiary alicyclic amines) is 1. The van der Waals surface area contributed by atoms with E-state index in [1.54, 1.807) is 24.0 Å². The Balaban J connectivity index is 1.39. The number of carbonyl (C=O) groups is 3. The number of piperidine rings is 1. The maximum atomic E-state index is 13.1. The minimum atomic E-state index is -0.826. The molecule has 1 unspecified atom stereocenters. The van der Waals surface area contributed by atoms with Gasteiger partial charge in [-0.15, -0.1) is 0 Å². The van der Waals surface area contributed by atoms with Crippen molar-refractivity contribution in [3.63, 3.8) is 0 Å². The predicted molar refractivity (Wildman–Crippen MR) is 137 cm³/mol. The molecule has 196 valence electrons. The first-order chi connectivity index (χ1) is 17.8. The number of carbonyl (C=O) groups excluding carboxylic acids is 3. The molecular formula is C26H32N6O5. The summed E-state index contributed by atoms with van der Waals surface area (Å²) in [5.74, 6) is -0.950. The number of aromatic nitrogens is 1. The summed E-state index contributed by atoms with van der Waals surface area (Å²) >= 11 is 0. The molecule has 0 radical (unpaired) electrons. The van der Waals surface area contributed by atoms with E-state index in [-0.39, 0.29) is 30.4 Å². The lowest BCUT2D eigenvalue weighted by molar-refractivity contribution is -0.122. The van der Waals surface area contributed by atoms with Gasteiger partial charge in [-0.3, -0.25) is 9.78 Å². The standard InChI is InChI=1S/C26H32N6O5/c1-17-13-18(9-12-37-26(36)28-15-17)14-22(23(33)27-2)30-24(34)31-10-7-20(8-11-31)32-16-19-5-3-4-6-21(19)29-25(32)35/h3-6,9,12-13,15,20,22H,7-8,10-11,14,16H2,1-2H3,(H,27,33)(H,28,36)(H,29,35)(H,30,34). The van der Waals surface area contributed by atoms with Crippen LogP contribution < -0.4 is 21.7 Å². The molecule has 1 atom stereocenters. The molecule has 11 nitrogen and oxygen atoms in total. The summed E-state index contributed by atoms with van der Waals surface area (Å²) in [5.41, 5.74) is 3.37. The third kappa shape index (κ3) is 6.49. The van der Waals surface area contributed by atoms with Crippen LogP contribution in [0.2, 0.25) is 0 Å². The van der Waals surface area contributed by atoms with Gasteiger partial charge in [0.1, 0.15) is 6.04 Å². The highest BCUT2D eigenvalue weighted by molar-refractivity contribution is 5.92. The first-order valence-electron chi connectivity index (χ1n) is 12.3. The van der Waals surface area contributed by atoms with E-state index < -0.39 is 11.8 Å². The topological polar surface area (TPSA) is 140 Å². The van der Waals surface area contributed by atoms with Crippen molar-refractivity contribution in [2.45, 2.75) is 44.8 Å². The molecule has 1 aromatic carbocycles. The molecule has 5 amide bonds. The second-order valence-corrected chi connectivity index (χ2v) is 9.21. The number of urea groups is 2. The van der Waals surface area contributed by atoms with Crippen LogP contribution in [0.3, 0.4) is 0 Å². The Morgan fingerprint density at radius 1 is 1.16 bits per heavy atom. The van der Waals surface area contributed by atoms with Gasteiger partial charge in [0.25, 0.3) is 0 Å². The SMILES string of the molecule is CNC(=O)C(Cc1ccoc(=O)[nH]cc(C)c1)NC(=O)N1CCC(N2Cc3ccccc3NC2=O)CC1. The van der Waals surface area contributed by atoms with Gasteiger partial charge in [0.15, 0.2) is 0 Å². The highest BCUT2D eigenvalue weighted by Crippen LogP contribution is 2.27. The zero-order valence-corrected chi connectivity index (χ0v) is 21.0. The van der Waals surface area contributed by atoms with Crippen molar-refractivity contribution >= 4 is 23.7 Å². The Bertz CT molecular complexity index is 1260. The van der Waals surface area contributed by atoms with Gasteiger partial charge in [0.2, 0.25) is 5.91 Å². The summed E-state index contributed by atoms with van der Waals surface area (Å²) in [6, 6.07) is 9.88. The van der Waals surface area contributed by atoms with Gasteiger partial charge in [0, 0.05) is 51.0 Å². The smallest absolute Gasteiger partial charge is 0.416 e. The van der Waals surface area contributed by atoms with Gasteiger partial charge in [-0.2, -0.15) is 0 Å². The van der Waals surface area contributed by atoms with Gasteiger partial charge in [-0.05, 0) is 48.6 Å². The number of rotatable bonds is 5. The predicted octanol–water partition coefficient (Wildman–Crippen LogP) is 2.28. The molecule has 4 rings (SSSR count). The van der Waals surface area contributed by atoms with E-state index in [1.807, 2.05) is 29.2 Å². The van der Waals surface area contributed by atoms with E-state index in [9.17, 15) is 19.2 Å². The van der Waals surface area contributed by atoms with Gasteiger partial charge in [0.05, 0.1) is 6.26 Å². The van der Waals surface area contributed by atoms with Crippen molar-refractivity contribution in [3.05, 3.63) is 76.1 Å². The average Bonchev–Trinajstić information content (AvgIpc) is 2.97. The van der Waals surface area contributed by atoms with Crippen LogP contribution >= 0.6 is 0 Å². The first-order valence-corrected chi connectivity index (χ1v) is 12.3. The van der Waals surface area contributed by atoms with Gasteiger partial charge < -0.3 is 30.2 Å². The van der Waals surface area contributed by atoms with Crippen LogP contribution in [0, 0.1) is 6.92 Å². The second-order valence-electron chi connectivity index (χ2n) is 9.21. The Morgan fingerprint density at radius 2 is 1.92 bits per heavy atom. The third-order valence-electron chi connectivity index (χ3n) is 6.64. The molecule has 3 heterocycles. The Hall–Kier alpha value is -4.28. The summed E-state index contributed by atoms with van der Waals surface area (Å²) < 4.78 is 4.93. The minimum absolute atomic E-state index is 0.0207. The lowest BCUT2D eigenvalue weighted by Crippen LogP contribution is -2.55. The van der Waals surface area contributed by atoms with Gasteiger partial charge in [-0.1, -0.05) is 24.3 Å². The molecule has 2 aliphatic heterocycles. The quantitative estimate of drug-likeness (QED) is 0.491. The zero-order chi connectivity index (χ0) is 26.4. The van der Waals surface area contributed by atoms with E-state index in [2.05, 4.69) is 20.9 Å². The minimum Gasteiger partial charge on any atom is -0.418 e. The highest BCUT2D eigenvalue weighted by Gasteiger charge is 2.33. The number of hydrogen-bond acceptors (Lipinski definition) is 5. The Morgan fingerprint density at radius 3 is 2.68 bits per heavy atom. The average molecular weight is 509 g/mol. The monoisotopic (exact) mass is 508 g/mol. The van der Waals surface area contributed by atoms with Crippen LogP contribution in [0.5, 0.6) is 0 Å². The van der Waals surface area contributed by atoms with Crippen molar-refractivity contribution in [1.82, 2.24) is 25.4 Å². The lowest BCUT2D eigenvalue weighted by atomic mass is 10.0. The molecule has 1 saturated heterocycles. The number of amides is 5. The largest absolute Gasteiger partial charge is 0.418 e. The van der Waals surface area contributed by atoms with Crippen molar-refractivity contribution < 1.29 is 18.8 Å². The molecule has 1 fully saturated rings. The van der Waals surface area contributed by atoms with Crippen LogP contribution in [0.1, 0.15) is 29.5 Å². The third-order valence-corrected chi connectivity index (χ3v) is 6.64. The fourth-order valence-corrected chi connectivity index (χ4v) is 4.66. The first kappa shape index (κ1) is 25.8. The van der Waals surface area contributed by atoms with E-state index >= 15 is 0 Å². The number of fused-ring (bicyclic) bond motifs is 1. The Labute approximate surface area is 214 Å². The molecule has 1 aromatic heterocycles. The number of aromatic amines is 1. The number of nitrogens with one attached hydrogen (secondary N) is 4. The molecule has 0 spiro atoms. The fraction of sp³-hybridized carbons (Fsp3) is 0.385. The van der Waals surface area contributed by atoms with Crippen molar-refractivity contribution in [2.24, 2.45) is 0 Å². The van der Waals surface area contributed by atoms with Gasteiger partial charge >= 0.3 is 17.8 Å². The normalized spacial score (nSPS) is 16.2. The van der Waals surface area contributed by atoms with E-state index in [1.165, 1.54) is 19.5 Å². The Kier molecular flexibility index (Phi) is 8.11. The second kappa shape index (κ2) is 11.6. The number of hydrogen-bond donors (Lipinski definition) is 4. The number of nitrogens with zero attached hydrogens (tertiary/aromatic N) is 2. The summed E-state index contributed by atoms with van der Waals surface area (Å²) in [6.07, 6.45) is 4.24. The summed E-state index contributed by atoms with van der Waals surface area (Å²) in [4.78, 5) is 55.9. The number of H-pyrrole nitrogens is 1. The van der Waals surface area contributed by atoms with Crippen molar-refractivity contribution in [2.75, 3.05) is 25.5 Å². The number of likely N-dealkylation sites (N-methyl/N-ethyl adjacent to an activating group) is 1. The maximum Gasteiger partial charge on any atom is 0.416 e. The molecule has 4 N–H and O–H groups in total. The number of para-hydroxylation sites is 1. The fourth-order valence-electron chi connectivity index (χ4n) is 4.66. The van der Waals surface area contributed by atoms with Crippen LogP contribution in [-0.4, -0.2) is 65.0 Å². The molecule has 2 aliphatic rings. The highest BCUT2D eigenvalue weighted by atomic mass is 16.4. The van der Waals surface area contributed by atoms with Gasteiger partial charge in [-0.25, -0.2) is 14.4 Å². The van der Waals surface area contributed by atoms with Crippen LogP contribution in [0.4, 0.5) is 15.3 Å². The summed E-state index contributed by atoms with van der Waals surface area (Å²) in [6.45, 7) is 3.28. The van der Waals surface area contributed by atoms with Crippen molar-refractivity contribution in [1.29, 1.82) is 0 Å². The van der Waals surface area contributed by atoms with E-state index in [0.717, 1.165) is 16.8 Å². The molecule has 0 aliphatic carbocycles. The molecule has 11 heteroatoms. The number of benzene rings is 1. The molecule has 0 bridgehead atoms. The van der Waals surface area contributed by atoms with Crippen molar-refractivity contribution in [3.8, 4) is 0 Å². The van der Waals surface area contributed by atoms with Crippen LogP contribution in [-0.2, 0) is 17.8 Å². The zero-order valence-electron chi connectivity index (χ0n) is 21.0. The summed E-state index contributed by atoms with van der Waals surface area (Å²) in [7, 11) is 1.51. The molecular weight excluding hydrogens is 476 g/mol. The molecule has 37 heavy (non-hydrogen) atoms. The maximum absolute atomic E-state index is 13.1. The summed E-state index contributed by atoms with van der Waals surface area (Å²) in [5, 5.41) is 8.38. The van der Waals surface area contributed by atoms with E-state index in [4.69, 9.17) is 4.42 Å². The lowest BCUT2D eigenvalue weighted by Gasteiger charge is -2.40. The number of aryl methyl sites for hydroxylation is 1. The molecule has 2 aromatic rings. The molecule has 0 saturated carbocycles. The van der Waals surface area contributed by atoms with Crippen LogP contribution in [0.25, 0.3) is 0 Å². The van der Waals surface area contributed by atoms with E-state index in [0.29, 0.717) is 38.0 Å².